The summed E-state index contributed by atoms with van der Waals surface area (Å²) in [5, 5.41) is 0. The minimum absolute atomic E-state index is 0. The number of halogens is 2. The van der Waals surface area contributed by atoms with Crippen LogP contribution in [0, 0.1) is 0 Å². The average Bonchev–Trinajstić information content (AvgIpc) is 2.87. The fraction of sp³-hybridized carbons (Fsp3) is 0.294. The van der Waals surface area contributed by atoms with Gasteiger partial charge in [-0.25, -0.2) is 0 Å². The van der Waals surface area contributed by atoms with Crippen LogP contribution in [0.5, 0.6) is 0 Å². The van der Waals surface area contributed by atoms with Crippen LogP contribution in [0.25, 0.3) is 6.08 Å². The van der Waals surface area contributed by atoms with E-state index in [9.17, 15) is 0 Å². The van der Waals surface area contributed by atoms with Gasteiger partial charge in [0.2, 0.25) is 0 Å². The van der Waals surface area contributed by atoms with E-state index in [0.29, 0.717) is 0 Å². The molecule has 0 N–H and O–H groups in total. The molecule has 1 atom stereocenters. The molecule has 2 aliphatic carbocycles. The maximum Gasteiger partial charge on any atom is -1.00 e. The molecule has 0 spiro atoms. The Balaban J connectivity index is 0.000000735. The molecule has 0 saturated carbocycles. The summed E-state index contributed by atoms with van der Waals surface area (Å²) in [5.74, 6) is 0. The van der Waals surface area contributed by atoms with Crippen LogP contribution in [-0.2, 0) is 20.0 Å². The van der Waals surface area contributed by atoms with E-state index < -0.39 is 20.0 Å². The van der Waals surface area contributed by atoms with E-state index in [2.05, 4.69) is 55.5 Å². The van der Waals surface area contributed by atoms with Crippen LogP contribution in [0.3, 0.4) is 0 Å². The van der Waals surface area contributed by atoms with Crippen molar-refractivity contribution in [2.75, 3.05) is 0 Å². The molecular formula is C17H18Cl2Hf. The molecule has 0 bridgehead atoms. The van der Waals surface area contributed by atoms with E-state index in [1.54, 1.807) is 19.5 Å². The molecule has 0 aromatic heterocycles. The number of rotatable bonds is 2. The first-order valence-corrected chi connectivity index (χ1v) is 15.9. The molecule has 104 valence electrons. The molecule has 1 heterocycles. The van der Waals surface area contributed by atoms with Gasteiger partial charge in [0, 0.05) is 0 Å². The van der Waals surface area contributed by atoms with Crippen LogP contribution >= 0.6 is 0 Å². The normalized spacial score (nSPS) is 22.6. The van der Waals surface area contributed by atoms with Gasteiger partial charge in [0.1, 0.15) is 0 Å². The van der Waals surface area contributed by atoms with Gasteiger partial charge in [-0.2, -0.15) is 0 Å². The Labute approximate surface area is 138 Å². The Morgan fingerprint density at radius 3 is 2.45 bits per heavy atom. The number of hydrogen-bond acceptors (Lipinski definition) is 0. The van der Waals surface area contributed by atoms with E-state index in [1.807, 2.05) is 3.33 Å². The van der Waals surface area contributed by atoms with Crippen molar-refractivity contribution >= 4 is 6.08 Å². The molecule has 4 rings (SSSR count). The van der Waals surface area contributed by atoms with Crippen LogP contribution in [0.1, 0.15) is 28.1 Å². The number of benzene rings is 1. The van der Waals surface area contributed by atoms with Gasteiger partial charge in [0.05, 0.1) is 0 Å². The van der Waals surface area contributed by atoms with Crippen molar-refractivity contribution in [1.29, 1.82) is 0 Å². The Hall–Kier alpha value is -0.110. The van der Waals surface area contributed by atoms with Crippen LogP contribution in [-0.4, -0.2) is 0 Å². The second-order valence-electron chi connectivity index (χ2n) is 5.89. The predicted octanol–water partition coefficient (Wildman–Crippen LogP) is -0.999. The van der Waals surface area contributed by atoms with Gasteiger partial charge in [0.15, 0.2) is 0 Å². The standard InChI is InChI=1S/C9H7.C6H7.C2H4.2ClH.Hf/c1-2-5-9-7-3-6-8(9)4-1;1-6-4-2-3-5-6;1-2;;;/h1-7H;2,4H,3H2,1H3;1-2H2;2*1H;/q;;;;;+2/p-2. The summed E-state index contributed by atoms with van der Waals surface area (Å²) < 4.78 is 5.95. The van der Waals surface area contributed by atoms with Crippen molar-refractivity contribution in [1.82, 2.24) is 0 Å². The summed E-state index contributed by atoms with van der Waals surface area (Å²) in [7, 11) is 0. The molecule has 0 nitrogen and oxygen atoms in total. The molecule has 1 aliphatic heterocycles. The molecular weight excluding hydrogens is 454 g/mol. The molecule has 1 unspecified atom stereocenters. The van der Waals surface area contributed by atoms with Crippen molar-refractivity contribution in [2.45, 2.75) is 25.4 Å². The first-order valence-electron chi connectivity index (χ1n) is 6.95. The molecule has 1 fully saturated rings. The summed E-state index contributed by atoms with van der Waals surface area (Å²) in [5.41, 5.74) is 4.74. The minimum atomic E-state index is -2.15. The molecule has 1 aromatic rings. The van der Waals surface area contributed by atoms with Gasteiger partial charge in [-0.1, -0.05) is 0 Å². The van der Waals surface area contributed by atoms with Crippen LogP contribution in [0.4, 0.5) is 0 Å². The molecule has 1 saturated heterocycles. The van der Waals surface area contributed by atoms with Gasteiger partial charge in [0.25, 0.3) is 0 Å². The largest absolute Gasteiger partial charge is 1.00 e. The quantitative estimate of drug-likeness (QED) is 0.486. The van der Waals surface area contributed by atoms with Gasteiger partial charge in [-0.3, -0.25) is 0 Å². The summed E-state index contributed by atoms with van der Waals surface area (Å²) in [6.07, 6.45) is 10.9. The Bertz CT molecular complexity index is 609. The molecule has 0 radical (unpaired) electrons. The Morgan fingerprint density at radius 2 is 1.80 bits per heavy atom. The van der Waals surface area contributed by atoms with Crippen molar-refractivity contribution in [3.8, 4) is 0 Å². The third kappa shape index (κ3) is 2.32. The van der Waals surface area contributed by atoms with E-state index >= 15 is 0 Å². The second kappa shape index (κ2) is 5.94. The smallest absolute Gasteiger partial charge is 1.00 e. The molecule has 20 heavy (non-hydrogen) atoms. The Morgan fingerprint density at radius 1 is 1.05 bits per heavy atom. The van der Waals surface area contributed by atoms with Crippen LogP contribution in [0.15, 0.2) is 51.4 Å². The zero-order valence-corrected chi connectivity index (χ0v) is 16.7. The second-order valence-corrected chi connectivity index (χ2v) is 22.2. The summed E-state index contributed by atoms with van der Waals surface area (Å²) in [6, 6.07) is 9.04. The first-order chi connectivity index (χ1) is 8.81. The molecule has 0 amide bonds. The van der Waals surface area contributed by atoms with E-state index in [0.717, 1.165) is 3.67 Å². The molecule has 1 aromatic carbocycles. The predicted molar refractivity (Wildman–Crippen MR) is 74.3 cm³/mol. The molecule has 3 aliphatic rings. The third-order valence-electron chi connectivity index (χ3n) is 4.95. The van der Waals surface area contributed by atoms with Crippen LogP contribution < -0.4 is 24.8 Å². The zero-order chi connectivity index (χ0) is 12.2. The number of allylic oxidation sites excluding steroid dienone is 5. The van der Waals surface area contributed by atoms with Gasteiger partial charge in [-0.05, 0) is 0 Å². The van der Waals surface area contributed by atoms with Crippen molar-refractivity contribution in [3.05, 3.63) is 62.5 Å². The maximum atomic E-state index is 2.54. The van der Waals surface area contributed by atoms with Crippen molar-refractivity contribution in [3.63, 3.8) is 0 Å². The first kappa shape index (κ1) is 16.3. The van der Waals surface area contributed by atoms with Gasteiger partial charge < -0.3 is 24.8 Å². The summed E-state index contributed by atoms with van der Waals surface area (Å²) in [4.78, 5) is 0. The molecule has 3 heteroatoms. The van der Waals surface area contributed by atoms with Gasteiger partial charge >= 0.3 is 114 Å². The van der Waals surface area contributed by atoms with Crippen molar-refractivity contribution < 1.29 is 44.8 Å². The van der Waals surface area contributed by atoms with E-state index in [-0.39, 0.29) is 24.8 Å². The number of hydrogen-bond donors (Lipinski definition) is 0. The van der Waals surface area contributed by atoms with Gasteiger partial charge in [-0.15, -0.1) is 0 Å². The third-order valence-corrected chi connectivity index (χ3v) is 23.2. The topological polar surface area (TPSA) is 0 Å². The average molecular weight is 472 g/mol. The number of fused-ring (bicyclic) bond motifs is 1. The Kier molecular flexibility index (Phi) is 4.83. The SMILES string of the molecule is CC1=[C]([Hf+2]2([CH]3C=Cc4ccccc43)[CH2][CH2]2)CC=C1.[Cl-].[Cl-]. The summed E-state index contributed by atoms with van der Waals surface area (Å²) in [6.45, 7) is 2.34. The summed E-state index contributed by atoms with van der Waals surface area (Å²) >= 11 is -2.15. The maximum absolute atomic E-state index is 2.54. The van der Waals surface area contributed by atoms with E-state index in [4.69, 9.17) is 0 Å². The fourth-order valence-corrected chi connectivity index (χ4v) is 28.3. The van der Waals surface area contributed by atoms with Crippen LogP contribution in [0.2, 0.25) is 8.35 Å². The minimum Gasteiger partial charge on any atom is -1.00 e. The fourth-order valence-electron chi connectivity index (χ4n) is 3.88. The van der Waals surface area contributed by atoms with Crippen molar-refractivity contribution in [2.24, 2.45) is 0 Å². The zero-order valence-electron chi connectivity index (χ0n) is 11.6. The monoisotopic (exact) mass is 472 g/mol. The van der Waals surface area contributed by atoms with E-state index in [1.165, 1.54) is 12.0 Å².